The number of hydrogen-bond acceptors (Lipinski definition) is 6. The molecule has 3 heterocycles. The lowest BCUT2D eigenvalue weighted by atomic mass is 10.2. The largest absolute Gasteiger partial charge is 0.450 e. The smallest absolute Gasteiger partial charge is 0.222 e. The van der Waals surface area contributed by atoms with Crippen molar-refractivity contribution in [3.05, 3.63) is 23.2 Å². The molecule has 114 valence electrons. The summed E-state index contributed by atoms with van der Waals surface area (Å²) in [5.41, 5.74) is 8.04. The summed E-state index contributed by atoms with van der Waals surface area (Å²) in [7, 11) is 0. The zero-order valence-corrected chi connectivity index (χ0v) is 12.9. The van der Waals surface area contributed by atoms with E-state index in [1.54, 1.807) is 6.07 Å². The maximum Gasteiger partial charge on any atom is 0.222 e. The van der Waals surface area contributed by atoms with Gasteiger partial charge in [0.15, 0.2) is 11.4 Å². The van der Waals surface area contributed by atoms with Gasteiger partial charge in [-0.25, -0.2) is 4.98 Å². The van der Waals surface area contributed by atoms with E-state index in [0.717, 1.165) is 36.4 Å². The first-order valence-electron chi connectivity index (χ1n) is 7.25. The number of fused-ring (bicyclic) bond motifs is 3. The molecule has 6 nitrogen and oxygen atoms in total. The minimum atomic E-state index is 0.247. The third-order valence-electron chi connectivity index (χ3n) is 3.94. The molecule has 0 saturated carbocycles. The van der Waals surface area contributed by atoms with E-state index in [1.807, 2.05) is 12.1 Å². The molecule has 1 saturated heterocycles. The SMILES string of the molecule is C[C@H]1CN(c2nc(N)nc3c2oc2ccc(Cl)cc23)CCN1. The Balaban J connectivity index is 1.96. The standard InChI is InChI=1S/C15H16ClN5O/c1-8-7-21(5-4-18-8)14-13-12(19-15(17)20-14)10-6-9(16)2-3-11(10)22-13/h2-3,6,8,18H,4-5,7H2,1H3,(H2,17,19,20)/t8-/m0/s1. The summed E-state index contributed by atoms with van der Waals surface area (Å²) >= 11 is 6.09. The van der Waals surface area contributed by atoms with Crippen molar-refractivity contribution in [3.63, 3.8) is 0 Å². The summed E-state index contributed by atoms with van der Waals surface area (Å²) < 4.78 is 5.98. The molecule has 1 fully saturated rings. The van der Waals surface area contributed by atoms with Crippen LogP contribution in [0.5, 0.6) is 0 Å². The molecule has 0 unspecified atom stereocenters. The quantitative estimate of drug-likeness (QED) is 0.717. The van der Waals surface area contributed by atoms with Crippen LogP contribution in [0.2, 0.25) is 5.02 Å². The molecule has 1 aromatic carbocycles. The zero-order valence-electron chi connectivity index (χ0n) is 12.1. The van der Waals surface area contributed by atoms with Crippen molar-refractivity contribution in [2.75, 3.05) is 30.3 Å². The first-order chi connectivity index (χ1) is 10.6. The van der Waals surface area contributed by atoms with E-state index in [1.165, 1.54) is 0 Å². The predicted octanol–water partition coefficient (Wildman–Crippen LogP) is 2.41. The maximum atomic E-state index is 6.09. The highest BCUT2D eigenvalue weighted by atomic mass is 35.5. The number of benzene rings is 1. The van der Waals surface area contributed by atoms with E-state index in [9.17, 15) is 0 Å². The van der Waals surface area contributed by atoms with E-state index < -0.39 is 0 Å². The number of nitrogens with two attached hydrogens (primary N) is 1. The maximum absolute atomic E-state index is 6.09. The van der Waals surface area contributed by atoms with Gasteiger partial charge < -0.3 is 20.4 Å². The second-order valence-corrected chi connectivity index (χ2v) is 6.06. The van der Waals surface area contributed by atoms with Gasteiger partial charge in [-0.1, -0.05) is 11.6 Å². The number of furan rings is 1. The fourth-order valence-corrected chi connectivity index (χ4v) is 3.13. The van der Waals surface area contributed by atoms with Crippen LogP contribution >= 0.6 is 11.6 Å². The van der Waals surface area contributed by atoms with Gasteiger partial charge in [0.05, 0.1) is 0 Å². The molecule has 22 heavy (non-hydrogen) atoms. The number of aromatic nitrogens is 2. The monoisotopic (exact) mass is 317 g/mol. The van der Waals surface area contributed by atoms with Crippen LogP contribution in [-0.4, -0.2) is 35.6 Å². The number of piperazine rings is 1. The lowest BCUT2D eigenvalue weighted by Gasteiger charge is -2.32. The molecule has 0 amide bonds. The van der Waals surface area contributed by atoms with E-state index in [4.69, 9.17) is 21.8 Å². The molecule has 0 bridgehead atoms. The van der Waals surface area contributed by atoms with Crippen LogP contribution in [0.4, 0.5) is 11.8 Å². The second-order valence-electron chi connectivity index (χ2n) is 5.63. The van der Waals surface area contributed by atoms with Crippen LogP contribution in [0, 0.1) is 0 Å². The summed E-state index contributed by atoms with van der Waals surface area (Å²) in [4.78, 5) is 11.0. The predicted molar refractivity (Wildman–Crippen MR) is 88.4 cm³/mol. The Morgan fingerprint density at radius 3 is 3.09 bits per heavy atom. The average Bonchev–Trinajstić information content (AvgIpc) is 2.84. The van der Waals surface area contributed by atoms with Crippen LogP contribution in [-0.2, 0) is 0 Å². The lowest BCUT2D eigenvalue weighted by molar-refractivity contribution is 0.481. The Morgan fingerprint density at radius 1 is 1.41 bits per heavy atom. The van der Waals surface area contributed by atoms with Gasteiger partial charge in [0.25, 0.3) is 0 Å². The molecule has 0 aliphatic carbocycles. The van der Waals surface area contributed by atoms with E-state index in [0.29, 0.717) is 22.2 Å². The van der Waals surface area contributed by atoms with Gasteiger partial charge in [0.2, 0.25) is 5.95 Å². The fourth-order valence-electron chi connectivity index (χ4n) is 2.96. The molecular formula is C15H16ClN5O. The number of nitrogens with one attached hydrogen (secondary N) is 1. The van der Waals surface area contributed by atoms with Gasteiger partial charge in [-0.15, -0.1) is 0 Å². The van der Waals surface area contributed by atoms with E-state index in [2.05, 4.69) is 27.1 Å². The molecule has 2 aromatic heterocycles. The molecule has 7 heteroatoms. The van der Waals surface area contributed by atoms with Gasteiger partial charge in [0.1, 0.15) is 11.1 Å². The van der Waals surface area contributed by atoms with Crippen LogP contribution in [0.25, 0.3) is 22.1 Å². The first kappa shape index (κ1) is 13.6. The van der Waals surface area contributed by atoms with Gasteiger partial charge in [-0.05, 0) is 25.1 Å². The molecular weight excluding hydrogens is 302 g/mol. The Bertz CT molecular complexity index is 862. The van der Waals surface area contributed by atoms with Gasteiger partial charge in [0, 0.05) is 36.1 Å². The highest BCUT2D eigenvalue weighted by Crippen LogP contribution is 2.34. The van der Waals surface area contributed by atoms with Crippen LogP contribution < -0.4 is 16.0 Å². The van der Waals surface area contributed by atoms with Gasteiger partial charge >= 0.3 is 0 Å². The van der Waals surface area contributed by atoms with E-state index >= 15 is 0 Å². The fraction of sp³-hybridized carbons (Fsp3) is 0.333. The minimum Gasteiger partial charge on any atom is -0.450 e. The molecule has 0 radical (unpaired) electrons. The van der Waals surface area contributed by atoms with Crippen molar-refractivity contribution in [2.24, 2.45) is 0 Å². The van der Waals surface area contributed by atoms with Gasteiger partial charge in [-0.2, -0.15) is 4.98 Å². The summed E-state index contributed by atoms with van der Waals surface area (Å²) in [6, 6.07) is 5.88. The Labute approximate surface area is 132 Å². The third kappa shape index (κ3) is 2.15. The van der Waals surface area contributed by atoms with Crippen LogP contribution in [0.1, 0.15) is 6.92 Å². The molecule has 1 aliphatic heterocycles. The Morgan fingerprint density at radius 2 is 2.27 bits per heavy atom. The van der Waals surface area contributed by atoms with Crippen LogP contribution in [0.3, 0.4) is 0 Å². The van der Waals surface area contributed by atoms with Crippen molar-refractivity contribution in [1.82, 2.24) is 15.3 Å². The number of nitrogens with zero attached hydrogens (tertiary/aromatic N) is 3. The zero-order chi connectivity index (χ0) is 15.3. The number of rotatable bonds is 1. The minimum absolute atomic E-state index is 0.247. The topological polar surface area (TPSA) is 80.2 Å². The van der Waals surface area contributed by atoms with Crippen molar-refractivity contribution >= 4 is 45.4 Å². The second kappa shape index (κ2) is 5.00. The summed E-state index contributed by atoms with van der Waals surface area (Å²) in [6.45, 7) is 4.75. The normalized spacial score (nSPS) is 19.2. The van der Waals surface area contributed by atoms with Crippen molar-refractivity contribution < 1.29 is 4.42 Å². The van der Waals surface area contributed by atoms with E-state index in [-0.39, 0.29) is 5.95 Å². The first-order valence-corrected chi connectivity index (χ1v) is 7.63. The van der Waals surface area contributed by atoms with Crippen molar-refractivity contribution in [3.8, 4) is 0 Å². The third-order valence-corrected chi connectivity index (χ3v) is 4.18. The number of anilines is 2. The molecule has 3 aromatic rings. The number of halogens is 1. The summed E-state index contributed by atoms with van der Waals surface area (Å²) in [5.74, 6) is 1.000. The number of nitrogen functional groups attached to an aromatic ring is 1. The molecule has 1 aliphatic rings. The summed E-state index contributed by atoms with van der Waals surface area (Å²) in [6.07, 6.45) is 0. The van der Waals surface area contributed by atoms with Gasteiger partial charge in [-0.3, -0.25) is 0 Å². The Hall–Kier alpha value is -2.05. The molecule has 0 spiro atoms. The highest BCUT2D eigenvalue weighted by molar-refractivity contribution is 6.31. The number of hydrogen-bond donors (Lipinski definition) is 2. The molecule has 1 atom stereocenters. The van der Waals surface area contributed by atoms with Crippen molar-refractivity contribution in [2.45, 2.75) is 13.0 Å². The highest BCUT2D eigenvalue weighted by Gasteiger charge is 2.23. The molecule has 3 N–H and O–H groups in total. The average molecular weight is 318 g/mol. The molecule has 4 rings (SSSR count). The lowest BCUT2D eigenvalue weighted by Crippen LogP contribution is -2.49. The summed E-state index contributed by atoms with van der Waals surface area (Å²) in [5, 5.41) is 4.92. The Kier molecular flexibility index (Phi) is 3.09. The van der Waals surface area contributed by atoms with Crippen LogP contribution in [0.15, 0.2) is 22.6 Å². The van der Waals surface area contributed by atoms with Crippen molar-refractivity contribution in [1.29, 1.82) is 0 Å².